The number of fused-ring (bicyclic) bond motifs is 6. The molecule has 4 nitrogen and oxygen atoms in total. The summed E-state index contributed by atoms with van der Waals surface area (Å²) in [6.07, 6.45) is 0. The number of allylic oxidation sites excluding steroid dienone is 1. The standard InChI is InChI=1S/C28H17BF2N4S2/c30-29(31)34-23-13-7-8-14-25(23)36-27(34)22(18-32)28-35(29)24-17-21(15-16-26(24)37-28)33(19-9-3-1-4-10-19)20-11-5-2-6-12-20/h1-17H. The van der Waals surface area contributed by atoms with Crippen LogP contribution in [0.5, 0.6) is 0 Å². The average molecular weight is 522 g/mol. The van der Waals surface area contributed by atoms with Crippen molar-refractivity contribution >= 4 is 68.6 Å². The van der Waals surface area contributed by atoms with Crippen LogP contribution in [-0.4, -0.2) is 6.97 Å². The van der Waals surface area contributed by atoms with Crippen molar-refractivity contribution in [2.24, 2.45) is 0 Å². The minimum absolute atomic E-state index is 0.278. The highest BCUT2D eigenvalue weighted by Crippen LogP contribution is 2.55. The van der Waals surface area contributed by atoms with Crippen LogP contribution in [0.15, 0.2) is 113 Å². The van der Waals surface area contributed by atoms with Gasteiger partial charge in [-0.05, 0) is 48.5 Å². The molecular weight excluding hydrogens is 505 g/mol. The Morgan fingerprint density at radius 3 is 2.14 bits per heavy atom. The highest BCUT2D eigenvalue weighted by molar-refractivity contribution is 8.04. The molecule has 0 saturated heterocycles. The molecule has 0 atom stereocenters. The third-order valence-corrected chi connectivity index (χ3v) is 8.94. The lowest BCUT2D eigenvalue weighted by molar-refractivity contribution is -0.536. The first-order chi connectivity index (χ1) is 18.1. The normalized spacial score (nSPS) is 15.2. The van der Waals surface area contributed by atoms with Crippen molar-refractivity contribution in [2.45, 2.75) is 4.90 Å². The molecule has 37 heavy (non-hydrogen) atoms. The first-order valence-corrected chi connectivity index (χ1v) is 13.3. The summed E-state index contributed by atoms with van der Waals surface area (Å²) in [6.45, 7) is -4.24. The summed E-state index contributed by atoms with van der Waals surface area (Å²) in [4.78, 5) is 3.84. The number of rotatable bonds is 3. The maximum Gasteiger partial charge on any atom is 0.739 e. The van der Waals surface area contributed by atoms with Crippen molar-refractivity contribution in [3.8, 4) is 6.07 Å². The van der Waals surface area contributed by atoms with Gasteiger partial charge in [-0.2, -0.15) is 5.26 Å². The number of benzene rings is 4. The summed E-state index contributed by atoms with van der Waals surface area (Å²) in [7, 11) is 0. The molecular formula is C28H17BF2N4S2. The molecule has 0 aliphatic carbocycles. The van der Waals surface area contributed by atoms with Gasteiger partial charge in [-0.15, -0.1) is 0 Å². The zero-order chi connectivity index (χ0) is 25.1. The molecule has 0 saturated carbocycles. The predicted octanol–water partition coefficient (Wildman–Crippen LogP) is 7.70. The first kappa shape index (κ1) is 22.1. The highest BCUT2D eigenvalue weighted by atomic mass is 32.2. The fraction of sp³-hybridized carbons (Fsp3) is 0. The third kappa shape index (κ3) is 3.23. The Hall–Kier alpha value is -4.13. The Bertz CT molecular complexity index is 1720. The predicted molar refractivity (Wildman–Crippen MR) is 147 cm³/mol. The van der Waals surface area contributed by atoms with E-state index in [0.717, 1.165) is 31.1 Å². The van der Waals surface area contributed by atoms with Gasteiger partial charge in [0.1, 0.15) is 6.07 Å². The van der Waals surface area contributed by atoms with E-state index in [-0.39, 0.29) is 10.6 Å². The number of thioether (sulfide) groups is 1. The largest absolute Gasteiger partial charge is 0.739 e. The number of hydrogen-bond donors (Lipinski definition) is 0. The second kappa shape index (κ2) is 8.20. The van der Waals surface area contributed by atoms with Crippen molar-refractivity contribution in [1.29, 1.82) is 5.26 Å². The zero-order valence-electron chi connectivity index (χ0n) is 19.3. The Labute approximate surface area is 220 Å². The lowest BCUT2D eigenvalue weighted by Gasteiger charge is -2.36. The van der Waals surface area contributed by atoms with E-state index < -0.39 is 6.97 Å². The number of nitrogens with zero attached hydrogens (tertiary/aromatic N) is 4. The SMILES string of the molecule is N#CC1=C2Sc3ccc(N(c4ccccc4)c4ccccc4)cc3N2[B-](F)(F)[n+]2c1sc1ccccc12. The Kier molecular flexibility index (Phi) is 4.90. The van der Waals surface area contributed by atoms with Gasteiger partial charge in [0.05, 0.1) is 9.73 Å². The van der Waals surface area contributed by atoms with Crippen molar-refractivity contribution in [3.63, 3.8) is 0 Å². The summed E-state index contributed by atoms with van der Waals surface area (Å²) < 4.78 is 34.7. The van der Waals surface area contributed by atoms with E-state index in [1.54, 1.807) is 18.2 Å². The van der Waals surface area contributed by atoms with E-state index in [0.29, 0.717) is 21.1 Å². The lowest BCUT2D eigenvalue weighted by atomic mass is 9.88. The summed E-state index contributed by atoms with van der Waals surface area (Å²) in [5, 5.41) is 10.7. The van der Waals surface area contributed by atoms with Crippen molar-refractivity contribution in [1.82, 2.24) is 0 Å². The maximum atomic E-state index is 16.5. The summed E-state index contributed by atoms with van der Waals surface area (Å²) >= 11 is 2.47. The summed E-state index contributed by atoms with van der Waals surface area (Å²) in [6, 6.07) is 34.6. The number of aromatic nitrogens is 1. The molecule has 0 spiro atoms. The van der Waals surface area contributed by atoms with Crippen LogP contribution in [0.3, 0.4) is 0 Å². The number of anilines is 4. The summed E-state index contributed by atoms with van der Waals surface area (Å²) in [5.41, 5.74) is 3.71. The molecule has 0 radical (unpaired) electrons. The Balaban J connectivity index is 1.44. The zero-order valence-corrected chi connectivity index (χ0v) is 20.9. The molecule has 2 aliphatic heterocycles. The smallest absolute Gasteiger partial charge is 0.389 e. The van der Waals surface area contributed by atoms with E-state index in [2.05, 4.69) is 6.07 Å². The Morgan fingerprint density at radius 1 is 0.811 bits per heavy atom. The minimum atomic E-state index is -4.24. The molecule has 178 valence electrons. The first-order valence-electron chi connectivity index (χ1n) is 11.7. The number of hydrogen-bond acceptors (Lipinski definition) is 5. The topological polar surface area (TPSA) is 34.2 Å². The molecule has 0 amide bonds. The molecule has 0 N–H and O–H groups in total. The quantitative estimate of drug-likeness (QED) is 0.228. The van der Waals surface area contributed by atoms with Gasteiger partial charge in [-0.1, -0.05) is 71.6 Å². The second-order valence-corrected chi connectivity index (χ2v) is 10.8. The van der Waals surface area contributed by atoms with E-state index in [1.807, 2.05) is 89.8 Å². The van der Waals surface area contributed by atoms with Gasteiger partial charge >= 0.3 is 6.97 Å². The number of nitriles is 1. The molecule has 0 fully saturated rings. The van der Waals surface area contributed by atoms with Gasteiger partial charge in [0.15, 0.2) is 11.1 Å². The van der Waals surface area contributed by atoms with Crippen LogP contribution in [0, 0.1) is 11.3 Å². The van der Waals surface area contributed by atoms with Crippen molar-refractivity contribution in [2.75, 3.05) is 9.71 Å². The van der Waals surface area contributed by atoms with Crippen LogP contribution in [0.1, 0.15) is 5.01 Å². The molecule has 7 rings (SSSR count). The van der Waals surface area contributed by atoms with Crippen LogP contribution in [0.4, 0.5) is 31.4 Å². The van der Waals surface area contributed by atoms with E-state index in [4.69, 9.17) is 0 Å². The average Bonchev–Trinajstić information content (AvgIpc) is 3.50. The van der Waals surface area contributed by atoms with Crippen LogP contribution in [0.2, 0.25) is 0 Å². The van der Waals surface area contributed by atoms with Gasteiger partial charge in [0.25, 0.3) is 0 Å². The minimum Gasteiger partial charge on any atom is -0.389 e. The van der Waals surface area contributed by atoms with E-state index in [1.165, 1.54) is 23.1 Å². The monoisotopic (exact) mass is 522 g/mol. The molecule has 2 aliphatic rings. The lowest BCUT2D eigenvalue weighted by Crippen LogP contribution is -2.71. The van der Waals surface area contributed by atoms with Gasteiger partial charge in [0.2, 0.25) is 5.01 Å². The maximum absolute atomic E-state index is 16.5. The second-order valence-electron chi connectivity index (χ2n) is 8.76. The summed E-state index contributed by atoms with van der Waals surface area (Å²) in [5.74, 6) is 0. The van der Waals surface area contributed by atoms with Gasteiger partial charge in [-0.3, -0.25) is 0 Å². The molecule has 1 aromatic heterocycles. The molecule has 5 aromatic rings. The molecule has 0 unspecified atom stereocenters. The third-order valence-electron chi connectivity index (χ3n) is 6.63. The molecule has 9 heteroatoms. The van der Waals surface area contributed by atoms with Crippen molar-refractivity contribution in [3.05, 3.63) is 113 Å². The van der Waals surface area contributed by atoms with Crippen LogP contribution < -0.4 is 14.2 Å². The number of halogens is 2. The van der Waals surface area contributed by atoms with Crippen LogP contribution >= 0.6 is 23.1 Å². The van der Waals surface area contributed by atoms with Crippen molar-refractivity contribution < 1.29 is 13.1 Å². The number of thiazole rings is 1. The highest BCUT2D eigenvalue weighted by Gasteiger charge is 2.59. The van der Waals surface area contributed by atoms with Gasteiger partial charge in [-0.25, -0.2) is 0 Å². The Morgan fingerprint density at radius 2 is 1.46 bits per heavy atom. The molecule has 0 bridgehead atoms. The van der Waals surface area contributed by atoms with Crippen LogP contribution in [0.25, 0.3) is 15.8 Å². The fourth-order valence-electron chi connectivity index (χ4n) is 5.05. The fourth-order valence-corrected chi connectivity index (χ4v) is 7.48. The van der Waals surface area contributed by atoms with Gasteiger partial charge < -0.3 is 22.8 Å². The number of para-hydroxylation sites is 3. The molecule has 4 aromatic carbocycles. The van der Waals surface area contributed by atoms with E-state index in [9.17, 15) is 5.26 Å². The van der Waals surface area contributed by atoms with E-state index >= 15 is 8.63 Å². The molecule has 3 heterocycles. The van der Waals surface area contributed by atoms with Gasteiger partial charge in [0, 0.05) is 33.7 Å². The van der Waals surface area contributed by atoms with Crippen LogP contribution in [-0.2, 0) is 0 Å².